The molecule has 0 aliphatic carbocycles. The van der Waals surface area contributed by atoms with Crippen LogP contribution in [0.25, 0.3) is 0 Å². The second kappa shape index (κ2) is 7.88. The number of benzene rings is 1. The monoisotopic (exact) mass is 295 g/mol. The van der Waals surface area contributed by atoms with Gasteiger partial charge < -0.3 is 20.3 Å². The topological polar surface area (TPSA) is 81.8 Å². The SMILES string of the molecule is CCC(CC(N)C(=O)O)C(C)c1cc(OC)ccc1OC. The van der Waals surface area contributed by atoms with Gasteiger partial charge in [-0.25, -0.2) is 0 Å². The quantitative estimate of drug-likeness (QED) is 0.770. The Kier molecular flexibility index (Phi) is 6.49. The van der Waals surface area contributed by atoms with Crippen molar-refractivity contribution < 1.29 is 19.4 Å². The Morgan fingerprint density at radius 2 is 2.00 bits per heavy atom. The minimum atomic E-state index is -0.960. The van der Waals surface area contributed by atoms with Crippen molar-refractivity contribution >= 4 is 5.97 Å². The lowest BCUT2D eigenvalue weighted by molar-refractivity contribution is -0.139. The van der Waals surface area contributed by atoms with Crippen molar-refractivity contribution in [2.45, 2.75) is 38.6 Å². The van der Waals surface area contributed by atoms with Gasteiger partial charge in [0.1, 0.15) is 17.5 Å². The van der Waals surface area contributed by atoms with Crippen molar-refractivity contribution in [2.75, 3.05) is 14.2 Å². The zero-order valence-electron chi connectivity index (χ0n) is 13.1. The van der Waals surface area contributed by atoms with E-state index in [0.29, 0.717) is 6.42 Å². The van der Waals surface area contributed by atoms with Gasteiger partial charge in [0.25, 0.3) is 0 Å². The number of aliphatic carboxylic acids is 1. The van der Waals surface area contributed by atoms with Crippen LogP contribution in [0.5, 0.6) is 11.5 Å². The van der Waals surface area contributed by atoms with E-state index in [1.807, 2.05) is 25.1 Å². The Balaban J connectivity index is 3.03. The first-order valence-corrected chi connectivity index (χ1v) is 7.14. The summed E-state index contributed by atoms with van der Waals surface area (Å²) in [6, 6.07) is 4.82. The van der Waals surface area contributed by atoms with Crippen LogP contribution < -0.4 is 15.2 Å². The number of ether oxygens (including phenoxy) is 2. The predicted octanol–water partition coefficient (Wildman–Crippen LogP) is 2.64. The predicted molar refractivity (Wildman–Crippen MR) is 82.0 cm³/mol. The third-order valence-electron chi connectivity index (χ3n) is 4.03. The van der Waals surface area contributed by atoms with Crippen molar-refractivity contribution in [2.24, 2.45) is 11.7 Å². The lowest BCUT2D eigenvalue weighted by Gasteiger charge is -2.26. The Morgan fingerprint density at radius 3 is 2.48 bits per heavy atom. The molecule has 3 N–H and O–H groups in total. The molecule has 1 aromatic rings. The van der Waals surface area contributed by atoms with Crippen LogP contribution >= 0.6 is 0 Å². The molecule has 0 aliphatic rings. The molecule has 0 aliphatic heterocycles. The van der Waals surface area contributed by atoms with Gasteiger partial charge in [0.05, 0.1) is 14.2 Å². The van der Waals surface area contributed by atoms with E-state index < -0.39 is 12.0 Å². The average Bonchev–Trinajstić information content (AvgIpc) is 2.50. The Bertz CT molecular complexity index is 475. The van der Waals surface area contributed by atoms with E-state index in [4.69, 9.17) is 20.3 Å². The van der Waals surface area contributed by atoms with E-state index in [9.17, 15) is 4.79 Å². The molecular formula is C16H25NO4. The highest BCUT2D eigenvalue weighted by atomic mass is 16.5. The molecule has 0 heterocycles. The lowest BCUT2D eigenvalue weighted by atomic mass is 9.81. The average molecular weight is 295 g/mol. The number of nitrogens with two attached hydrogens (primary N) is 1. The van der Waals surface area contributed by atoms with E-state index >= 15 is 0 Å². The van der Waals surface area contributed by atoms with Crippen LogP contribution in [0.4, 0.5) is 0 Å². The van der Waals surface area contributed by atoms with E-state index in [0.717, 1.165) is 23.5 Å². The van der Waals surface area contributed by atoms with Gasteiger partial charge in [-0.2, -0.15) is 0 Å². The maximum absolute atomic E-state index is 11.0. The second-order valence-corrected chi connectivity index (χ2v) is 5.25. The summed E-state index contributed by atoms with van der Waals surface area (Å²) in [5.41, 5.74) is 6.70. The largest absolute Gasteiger partial charge is 0.497 e. The molecule has 3 unspecified atom stereocenters. The van der Waals surface area contributed by atoms with Gasteiger partial charge >= 0.3 is 5.97 Å². The molecule has 0 amide bonds. The second-order valence-electron chi connectivity index (χ2n) is 5.25. The van der Waals surface area contributed by atoms with Gasteiger partial charge in [0.2, 0.25) is 0 Å². The molecule has 1 rings (SSSR count). The van der Waals surface area contributed by atoms with Crippen molar-refractivity contribution in [1.29, 1.82) is 0 Å². The summed E-state index contributed by atoms with van der Waals surface area (Å²) in [4.78, 5) is 11.0. The molecule has 3 atom stereocenters. The molecule has 1 aromatic carbocycles. The van der Waals surface area contributed by atoms with E-state index in [1.165, 1.54) is 0 Å². The van der Waals surface area contributed by atoms with Crippen LogP contribution in [-0.2, 0) is 4.79 Å². The zero-order chi connectivity index (χ0) is 16.0. The van der Waals surface area contributed by atoms with Crippen LogP contribution in [0.1, 0.15) is 38.2 Å². The molecule has 0 saturated heterocycles. The Hall–Kier alpha value is -1.75. The van der Waals surface area contributed by atoms with Gasteiger partial charge in [-0.3, -0.25) is 4.79 Å². The van der Waals surface area contributed by atoms with Crippen LogP contribution in [0, 0.1) is 5.92 Å². The Morgan fingerprint density at radius 1 is 1.33 bits per heavy atom. The first kappa shape index (κ1) is 17.3. The first-order chi connectivity index (χ1) is 9.94. The number of carbonyl (C=O) groups is 1. The molecule has 5 nitrogen and oxygen atoms in total. The number of carboxylic acid groups (broad SMARTS) is 1. The molecule has 0 spiro atoms. The molecule has 0 saturated carbocycles. The zero-order valence-corrected chi connectivity index (χ0v) is 13.1. The molecule has 0 aromatic heterocycles. The molecular weight excluding hydrogens is 270 g/mol. The van der Waals surface area contributed by atoms with Gasteiger partial charge in [0, 0.05) is 5.56 Å². The van der Waals surface area contributed by atoms with Crippen LogP contribution in [-0.4, -0.2) is 31.3 Å². The highest BCUT2D eigenvalue weighted by molar-refractivity contribution is 5.73. The maximum atomic E-state index is 11.0. The number of carboxylic acids is 1. The van der Waals surface area contributed by atoms with Gasteiger partial charge in [-0.1, -0.05) is 20.3 Å². The summed E-state index contributed by atoms with van der Waals surface area (Å²) in [5.74, 6) is 0.876. The van der Waals surface area contributed by atoms with Gasteiger partial charge in [0.15, 0.2) is 0 Å². The fourth-order valence-electron chi connectivity index (χ4n) is 2.60. The fraction of sp³-hybridized carbons (Fsp3) is 0.562. The summed E-state index contributed by atoms with van der Waals surface area (Å²) < 4.78 is 10.7. The van der Waals surface area contributed by atoms with Crippen molar-refractivity contribution in [3.63, 3.8) is 0 Å². The molecule has 118 valence electrons. The van der Waals surface area contributed by atoms with E-state index in [2.05, 4.69) is 6.92 Å². The van der Waals surface area contributed by atoms with E-state index in [-0.39, 0.29) is 11.8 Å². The van der Waals surface area contributed by atoms with Crippen LogP contribution in [0.3, 0.4) is 0 Å². The third-order valence-corrected chi connectivity index (χ3v) is 4.03. The standard InChI is InChI=1S/C16H25NO4/c1-5-11(8-14(17)16(18)19)10(2)13-9-12(20-3)6-7-15(13)21-4/h6-7,9-11,14H,5,8,17H2,1-4H3,(H,18,19). The number of hydrogen-bond donors (Lipinski definition) is 2. The minimum absolute atomic E-state index is 0.130. The first-order valence-electron chi connectivity index (χ1n) is 7.14. The number of rotatable bonds is 8. The molecule has 0 radical (unpaired) electrons. The van der Waals surface area contributed by atoms with Crippen LogP contribution in [0.15, 0.2) is 18.2 Å². The summed E-state index contributed by atoms with van der Waals surface area (Å²) in [6.07, 6.45) is 1.29. The van der Waals surface area contributed by atoms with Crippen molar-refractivity contribution in [1.82, 2.24) is 0 Å². The molecule has 5 heteroatoms. The Labute approximate surface area is 126 Å². The summed E-state index contributed by atoms with van der Waals surface area (Å²) in [7, 11) is 3.25. The van der Waals surface area contributed by atoms with E-state index in [1.54, 1.807) is 14.2 Å². The van der Waals surface area contributed by atoms with Crippen LogP contribution in [0.2, 0.25) is 0 Å². The highest BCUT2D eigenvalue weighted by Gasteiger charge is 2.25. The van der Waals surface area contributed by atoms with Gasteiger partial charge in [-0.15, -0.1) is 0 Å². The van der Waals surface area contributed by atoms with Crippen molar-refractivity contribution in [3.05, 3.63) is 23.8 Å². The molecule has 21 heavy (non-hydrogen) atoms. The van der Waals surface area contributed by atoms with Gasteiger partial charge in [-0.05, 0) is 36.5 Å². The highest BCUT2D eigenvalue weighted by Crippen LogP contribution is 2.37. The van der Waals surface area contributed by atoms with Crippen molar-refractivity contribution in [3.8, 4) is 11.5 Å². The lowest BCUT2D eigenvalue weighted by Crippen LogP contribution is -2.33. The normalized spacial score (nSPS) is 15.1. The summed E-state index contributed by atoms with van der Waals surface area (Å²) in [5, 5.41) is 8.99. The maximum Gasteiger partial charge on any atom is 0.320 e. The third kappa shape index (κ3) is 4.36. The molecule has 0 bridgehead atoms. The fourth-order valence-corrected chi connectivity index (χ4v) is 2.60. The number of hydrogen-bond acceptors (Lipinski definition) is 4. The molecule has 0 fully saturated rings. The summed E-state index contributed by atoms with van der Waals surface area (Å²) >= 11 is 0. The smallest absolute Gasteiger partial charge is 0.320 e. The number of methoxy groups -OCH3 is 2. The minimum Gasteiger partial charge on any atom is -0.497 e. The summed E-state index contributed by atoms with van der Waals surface area (Å²) in [6.45, 7) is 4.11.